The van der Waals surface area contributed by atoms with Gasteiger partial charge in [0.25, 0.3) is 9.05 Å². The molecule has 0 N–H and O–H groups in total. The summed E-state index contributed by atoms with van der Waals surface area (Å²) >= 11 is 0. The standard InChI is InChI=1S/C14H19ClO4S/c1-10(2)5-4-8-19-14(16)13-9-12(20(15,17)18)7-6-11(13)3/h6-7,9-10H,4-5,8H2,1-3H3. The van der Waals surface area contributed by atoms with Crippen molar-refractivity contribution < 1.29 is 17.9 Å². The Kier molecular flexibility index (Phi) is 6.02. The molecule has 0 amide bonds. The fraction of sp³-hybridized carbons (Fsp3) is 0.500. The average molecular weight is 319 g/mol. The summed E-state index contributed by atoms with van der Waals surface area (Å²) in [5.74, 6) is 0.0357. The van der Waals surface area contributed by atoms with E-state index in [9.17, 15) is 13.2 Å². The Bertz CT molecular complexity index is 579. The first-order chi connectivity index (χ1) is 9.21. The molecule has 0 bridgehead atoms. The topological polar surface area (TPSA) is 60.4 Å². The van der Waals surface area contributed by atoms with E-state index in [1.807, 2.05) is 0 Å². The van der Waals surface area contributed by atoms with Gasteiger partial charge >= 0.3 is 5.97 Å². The fourth-order valence-electron chi connectivity index (χ4n) is 1.71. The van der Waals surface area contributed by atoms with E-state index in [4.69, 9.17) is 15.4 Å². The van der Waals surface area contributed by atoms with E-state index in [0.29, 0.717) is 18.1 Å². The number of esters is 1. The first-order valence-corrected chi connectivity index (χ1v) is 8.75. The summed E-state index contributed by atoms with van der Waals surface area (Å²) in [4.78, 5) is 11.8. The van der Waals surface area contributed by atoms with Gasteiger partial charge in [0.05, 0.1) is 17.1 Å². The zero-order chi connectivity index (χ0) is 15.3. The number of carbonyl (C=O) groups excluding carboxylic acids is 1. The number of hydrogen-bond acceptors (Lipinski definition) is 4. The van der Waals surface area contributed by atoms with E-state index in [0.717, 1.165) is 12.8 Å². The quantitative estimate of drug-likeness (QED) is 0.457. The van der Waals surface area contributed by atoms with E-state index in [1.54, 1.807) is 13.0 Å². The van der Waals surface area contributed by atoms with Crippen molar-refractivity contribution in [3.63, 3.8) is 0 Å². The van der Waals surface area contributed by atoms with Crippen molar-refractivity contribution in [2.24, 2.45) is 5.92 Å². The van der Waals surface area contributed by atoms with Crippen LogP contribution >= 0.6 is 10.7 Å². The number of halogens is 1. The maximum atomic E-state index is 11.9. The number of benzene rings is 1. The molecule has 1 rings (SSSR count). The first-order valence-electron chi connectivity index (χ1n) is 6.44. The van der Waals surface area contributed by atoms with Crippen LogP contribution in [-0.2, 0) is 13.8 Å². The molecule has 20 heavy (non-hydrogen) atoms. The minimum atomic E-state index is -3.85. The SMILES string of the molecule is Cc1ccc(S(=O)(=O)Cl)cc1C(=O)OCCCC(C)C. The number of rotatable bonds is 6. The van der Waals surface area contributed by atoms with Gasteiger partial charge in [-0.15, -0.1) is 0 Å². The van der Waals surface area contributed by atoms with Crippen LogP contribution in [0.2, 0.25) is 0 Å². The molecule has 0 saturated heterocycles. The molecule has 0 aliphatic rings. The second-order valence-electron chi connectivity index (χ2n) is 5.09. The Labute approximate surface area is 124 Å². The van der Waals surface area contributed by atoms with Gasteiger partial charge in [-0.2, -0.15) is 0 Å². The van der Waals surface area contributed by atoms with Crippen LogP contribution in [0, 0.1) is 12.8 Å². The number of carbonyl (C=O) groups is 1. The first kappa shape index (κ1) is 17.0. The lowest BCUT2D eigenvalue weighted by Crippen LogP contribution is -2.09. The van der Waals surface area contributed by atoms with Crippen molar-refractivity contribution in [3.05, 3.63) is 29.3 Å². The van der Waals surface area contributed by atoms with Crippen LogP contribution < -0.4 is 0 Å². The van der Waals surface area contributed by atoms with E-state index in [-0.39, 0.29) is 10.5 Å². The predicted octanol–water partition coefficient (Wildman–Crippen LogP) is 3.52. The van der Waals surface area contributed by atoms with Crippen LogP contribution in [-0.4, -0.2) is 21.0 Å². The molecule has 0 aliphatic heterocycles. The van der Waals surface area contributed by atoms with Crippen LogP contribution in [0.15, 0.2) is 23.1 Å². The molecule has 0 fully saturated rings. The molecule has 0 saturated carbocycles. The molecule has 4 nitrogen and oxygen atoms in total. The molecule has 1 aromatic rings. The highest BCUT2D eigenvalue weighted by Crippen LogP contribution is 2.20. The van der Waals surface area contributed by atoms with Crippen LogP contribution in [0.1, 0.15) is 42.6 Å². The van der Waals surface area contributed by atoms with Gasteiger partial charge in [0.15, 0.2) is 0 Å². The average Bonchev–Trinajstić information content (AvgIpc) is 2.33. The van der Waals surface area contributed by atoms with Crippen molar-refractivity contribution in [1.82, 2.24) is 0 Å². The fourth-order valence-corrected chi connectivity index (χ4v) is 2.48. The monoisotopic (exact) mass is 318 g/mol. The summed E-state index contributed by atoms with van der Waals surface area (Å²) in [5, 5.41) is 0. The van der Waals surface area contributed by atoms with Gasteiger partial charge in [-0.3, -0.25) is 0 Å². The molecular formula is C14H19ClO4S. The van der Waals surface area contributed by atoms with Gasteiger partial charge in [-0.25, -0.2) is 13.2 Å². The third-order valence-electron chi connectivity index (χ3n) is 2.87. The summed E-state index contributed by atoms with van der Waals surface area (Å²) in [6.45, 7) is 6.24. The second-order valence-corrected chi connectivity index (χ2v) is 7.65. The van der Waals surface area contributed by atoms with Crippen LogP contribution in [0.4, 0.5) is 0 Å². The largest absolute Gasteiger partial charge is 0.462 e. The van der Waals surface area contributed by atoms with E-state index in [1.165, 1.54) is 12.1 Å². The van der Waals surface area contributed by atoms with Gasteiger partial charge in [-0.1, -0.05) is 19.9 Å². The van der Waals surface area contributed by atoms with Crippen molar-refractivity contribution in [2.75, 3.05) is 6.61 Å². The minimum Gasteiger partial charge on any atom is -0.462 e. The molecule has 112 valence electrons. The van der Waals surface area contributed by atoms with E-state index in [2.05, 4.69) is 13.8 Å². The minimum absolute atomic E-state index is 0.0982. The third-order valence-corrected chi connectivity index (χ3v) is 4.22. The van der Waals surface area contributed by atoms with Gasteiger partial charge in [-0.05, 0) is 43.4 Å². The zero-order valence-electron chi connectivity index (χ0n) is 11.8. The lowest BCUT2D eigenvalue weighted by molar-refractivity contribution is 0.0493. The molecule has 6 heteroatoms. The molecule has 0 unspecified atom stereocenters. The number of ether oxygens (including phenoxy) is 1. The van der Waals surface area contributed by atoms with Crippen molar-refractivity contribution in [2.45, 2.75) is 38.5 Å². The normalized spacial score (nSPS) is 11.7. The van der Waals surface area contributed by atoms with Gasteiger partial charge in [0, 0.05) is 10.7 Å². The summed E-state index contributed by atoms with van der Waals surface area (Å²) in [6, 6.07) is 4.16. The van der Waals surface area contributed by atoms with Crippen LogP contribution in [0.3, 0.4) is 0 Å². The van der Waals surface area contributed by atoms with Gasteiger partial charge in [0.1, 0.15) is 0 Å². The highest BCUT2D eigenvalue weighted by atomic mass is 35.7. The molecular weight excluding hydrogens is 300 g/mol. The molecule has 1 aromatic carbocycles. The van der Waals surface area contributed by atoms with E-state index < -0.39 is 15.0 Å². The number of aryl methyl sites for hydroxylation is 1. The highest BCUT2D eigenvalue weighted by Gasteiger charge is 2.16. The van der Waals surface area contributed by atoms with Crippen LogP contribution in [0.25, 0.3) is 0 Å². The Morgan fingerprint density at radius 3 is 2.55 bits per heavy atom. The maximum Gasteiger partial charge on any atom is 0.338 e. The Balaban J connectivity index is 2.77. The van der Waals surface area contributed by atoms with Gasteiger partial charge in [0.2, 0.25) is 0 Å². The van der Waals surface area contributed by atoms with Crippen LogP contribution in [0.5, 0.6) is 0 Å². The Morgan fingerprint density at radius 2 is 2.00 bits per heavy atom. The van der Waals surface area contributed by atoms with Crippen molar-refractivity contribution >= 4 is 25.7 Å². The molecule has 0 atom stereocenters. The molecule has 0 aromatic heterocycles. The smallest absolute Gasteiger partial charge is 0.338 e. The van der Waals surface area contributed by atoms with Crippen molar-refractivity contribution in [1.29, 1.82) is 0 Å². The maximum absolute atomic E-state index is 11.9. The summed E-state index contributed by atoms with van der Waals surface area (Å²) in [6.07, 6.45) is 1.76. The number of hydrogen-bond donors (Lipinski definition) is 0. The third kappa shape index (κ3) is 5.13. The lowest BCUT2D eigenvalue weighted by atomic mass is 10.1. The Morgan fingerprint density at radius 1 is 1.35 bits per heavy atom. The van der Waals surface area contributed by atoms with Gasteiger partial charge < -0.3 is 4.74 Å². The highest BCUT2D eigenvalue weighted by molar-refractivity contribution is 8.13. The summed E-state index contributed by atoms with van der Waals surface area (Å²) in [5.41, 5.74) is 0.888. The summed E-state index contributed by atoms with van der Waals surface area (Å²) in [7, 11) is 1.42. The van der Waals surface area contributed by atoms with Crippen molar-refractivity contribution in [3.8, 4) is 0 Å². The molecule has 0 spiro atoms. The predicted molar refractivity (Wildman–Crippen MR) is 78.6 cm³/mol. The molecule has 0 radical (unpaired) electrons. The summed E-state index contributed by atoms with van der Waals surface area (Å²) < 4.78 is 27.7. The lowest BCUT2D eigenvalue weighted by Gasteiger charge is -2.09. The zero-order valence-corrected chi connectivity index (χ0v) is 13.4. The Hall–Kier alpha value is -1.07. The molecule has 0 heterocycles. The van der Waals surface area contributed by atoms with E-state index >= 15 is 0 Å². The second kappa shape index (κ2) is 7.09. The molecule has 0 aliphatic carbocycles.